The van der Waals surface area contributed by atoms with Crippen LogP contribution in [0.25, 0.3) is 0 Å². The maximum atomic E-state index is 10.5. The minimum Gasteiger partial charge on any atom is -0.508 e. The molecule has 1 unspecified atom stereocenters. The van der Waals surface area contributed by atoms with Crippen LogP contribution in [0.5, 0.6) is 5.75 Å². The van der Waals surface area contributed by atoms with Crippen molar-refractivity contribution in [2.75, 3.05) is 0 Å². The highest BCUT2D eigenvalue weighted by Gasteiger charge is 2.30. The molecule has 1 nitrogen and oxygen atoms in total. The van der Waals surface area contributed by atoms with Gasteiger partial charge in [0, 0.05) is 11.5 Å². The smallest absolute Gasteiger partial charge is 0.119 e. The van der Waals surface area contributed by atoms with Crippen LogP contribution in [-0.2, 0) is 5.41 Å². The van der Waals surface area contributed by atoms with E-state index in [1.807, 2.05) is 18.2 Å². The van der Waals surface area contributed by atoms with E-state index >= 15 is 0 Å². The Kier molecular flexibility index (Phi) is 4.37. The van der Waals surface area contributed by atoms with E-state index in [4.69, 9.17) is 0 Å². The van der Waals surface area contributed by atoms with Crippen molar-refractivity contribution < 1.29 is 5.11 Å². The molecule has 22 heavy (non-hydrogen) atoms. The molecule has 2 aromatic rings. The largest absolute Gasteiger partial charge is 0.508 e. The predicted octanol–water partition coefficient (Wildman–Crippen LogP) is 5.87. The molecule has 0 aromatic heterocycles. The molecule has 118 valence electrons. The van der Waals surface area contributed by atoms with Crippen molar-refractivity contribution in [2.45, 2.75) is 52.9 Å². The maximum absolute atomic E-state index is 10.5. The van der Waals surface area contributed by atoms with Gasteiger partial charge in [-0.15, -0.1) is 0 Å². The Labute approximate surface area is 135 Å². The summed E-state index contributed by atoms with van der Waals surface area (Å²) in [5.41, 5.74) is 3.62. The highest BCUT2D eigenvalue weighted by atomic mass is 16.3. The molecule has 0 aliphatic carbocycles. The average molecular weight is 296 g/mol. The molecule has 0 bridgehead atoms. The number of phenolic OH excluding ortho intramolecular Hbond substituents is 1. The highest BCUT2D eigenvalue weighted by molar-refractivity contribution is 5.46. The maximum Gasteiger partial charge on any atom is 0.119 e. The van der Waals surface area contributed by atoms with Crippen LogP contribution in [0.2, 0.25) is 0 Å². The van der Waals surface area contributed by atoms with E-state index in [9.17, 15) is 5.11 Å². The van der Waals surface area contributed by atoms with E-state index in [1.54, 1.807) is 0 Å². The van der Waals surface area contributed by atoms with Gasteiger partial charge in [-0.2, -0.15) is 0 Å². The van der Waals surface area contributed by atoms with Gasteiger partial charge in [0.2, 0.25) is 0 Å². The summed E-state index contributed by atoms with van der Waals surface area (Å²) in [4.78, 5) is 0. The summed E-state index contributed by atoms with van der Waals surface area (Å²) >= 11 is 0. The van der Waals surface area contributed by atoms with Crippen LogP contribution in [0.15, 0.2) is 48.5 Å². The van der Waals surface area contributed by atoms with Crippen LogP contribution in [0.1, 0.15) is 64.2 Å². The van der Waals surface area contributed by atoms with E-state index in [2.05, 4.69) is 71.9 Å². The molecule has 0 amide bonds. The Hall–Kier alpha value is -1.76. The zero-order valence-corrected chi connectivity index (χ0v) is 14.6. The zero-order valence-electron chi connectivity index (χ0n) is 14.6. The Balaban J connectivity index is 2.63. The van der Waals surface area contributed by atoms with E-state index in [-0.39, 0.29) is 16.7 Å². The zero-order chi connectivity index (χ0) is 16.5. The standard InChI is InChI=1S/C21H28O/c1-20(2,3)16-12-13-18(22)17(14-16)19(21(4,5)6)15-10-8-7-9-11-15/h7-14,19,22H,1-6H3. The molecule has 2 aromatic carbocycles. The summed E-state index contributed by atoms with van der Waals surface area (Å²) in [5.74, 6) is 0.549. The molecule has 0 aliphatic heterocycles. The second-order valence-corrected chi connectivity index (χ2v) is 8.23. The van der Waals surface area contributed by atoms with Crippen molar-refractivity contribution >= 4 is 0 Å². The molecule has 0 saturated heterocycles. The summed E-state index contributed by atoms with van der Waals surface area (Å²) in [6.45, 7) is 13.3. The van der Waals surface area contributed by atoms with Crippen LogP contribution in [0.4, 0.5) is 0 Å². The normalized spacial score (nSPS) is 13.9. The fourth-order valence-corrected chi connectivity index (χ4v) is 3.04. The number of phenols is 1. The van der Waals surface area contributed by atoms with Gasteiger partial charge in [-0.3, -0.25) is 0 Å². The van der Waals surface area contributed by atoms with Gasteiger partial charge in [0.05, 0.1) is 0 Å². The average Bonchev–Trinajstić information content (AvgIpc) is 2.39. The summed E-state index contributed by atoms with van der Waals surface area (Å²) in [6, 6.07) is 16.5. The first kappa shape index (κ1) is 16.6. The van der Waals surface area contributed by atoms with E-state index in [0.29, 0.717) is 5.75 Å². The Morgan fingerprint density at radius 1 is 0.818 bits per heavy atom. The van der Waals surface area contributed by atoms with Crippen molar-refractivity contribution in [1.29, 1.82) is 0 Å². The van der Waals surface area contributed by atoms with Crippen molar-refractivity contribution in [1.82, 2.24) is 0 Å². The van der Waals surface area contributed by atoms with Crippen LogP contribution in [-0.4, -0.2) is 5.11 Å². The number of rotatable bonds is 2. The predicted molar refractivity (Wildman–Crippen MR) is 94.5 cm³/mol. The van der Waals surface area contributed by atoms with Gasteiger partial charge in [-0.25, -0.2) is 0 Å². The Morgan fingerprint density at radius 2 is 1.41 bits per heavy atom. The first-order valence-corrected chi connectivity index (χ1v) is 7.99. The lowest BCUT2D eigenvalue weighted by Gasteiger charge is -2.33. The number of hydrogen-bond donors (Lipinski definition) is 1. The van der Waals surface area contributed by atoms with Crippen LogP contribution >= 0.6 is 0 Å². The first-order valence-electron chi connectivity index (χ1n) is 7.99. The van der Waals surface area contributed by atoms with Crippen LogP contribution in [0.3, 0.4) is 0 Å². The van der Waals surface area contributed by atoms with E-state index in [0.717, 1.165) is 5.56 Å². The molecule has 0 aliphatic rings. The lowest BCUT2D eigenvalue weighted by atomic mass is 9.71. The van der Waals surface area contributed by atoms with Gasteiger partial charge in [0.15, 0.2) is 0 Å². The third-order valence-corrected chi connectivity index (χ3v) is 4.20. The van der Waals surface area contributed by atoms with E-state index in [1.165, 1.54) is 11.1 Å². The molecule has 1 heteroatoms. The number of aromatic hydroxyl groups is 1. The molecule has 0 heterocycles. The van der Waals surface area contributed by atoms with Gasteiger partial charge in [-0.1, -0.05) is 84.0 Å². The molecular weight excluding hydrogens is 268 g/mol. The summed E-state index contributed by atoms with van der Waals surface area (Å²) < 4.78 is 0. The Bertz CT molecular complexity index is 627. The van der Waals surface area contributed by atoms with Crippen LogP contribution < -0.4 is 0 Å². The fraction of sp³-hybridized carbons (Fsp3) is 0.429. The van der Waals surface area contributed by atoms with Crippen molar-refractivity contribution in [2.24, 2.45) is 5.41 Å². The monoisotopic (exact) mass is 296 g/mol. The molecule has 1 atom stereocenters. The first-order chi connectivity index (χ1) is 10.1. The molecular formula is C21H28O. The number of benzene rings is 2. The van der Waals surface area contributed by atoms with Crippen molar-refractivity contribution in [3.05, 3.63) is 65.2 Å². The molecule has 0 saturated carbocycles. The van der Waals surface area contributed by atoms with Gasteiger partial charge < -0.3 is 5.11 Å². The molecule has 0 radical (unpaired) electrons. The van der Waals surface area contributed by atoms with Crippen molar-refractivity contribution in [3.8, 4) is 5.75 Å². The molecule has 2 rings (SSSR count). The van der Waals surface area contributed by atoms with Gasteiger partial charge in [0.1, 0.15) is 5.75 Å². The van der Waals surface area contributed by atoms with E-state index < -0.39 is 0 Å². The minimum absolute atomic E-state index is 0.0232. The second kappa shape index (κ2) is 5.79. The lowest BCUT2D eigenvalue weighted by Crippen LogP contribution is -2.21. The Morgan fingerprint density at radius 3 is 1.91 bits per heavy atom. The SMILES string of the molecule is CC(C)(C)c1ccc(O)c(C(c2ccccc2)C(C)(C)C)c1. The van der Waals surface area contributed by atoms with Crippen LogP contribution in [0, 0.1) is 5.41 Å². The third kappa shape index (κ3) is 3.52. The summed E-state index contributed by atoms with van der Waals surface area (Å²) in [6.07, 6.45) is 0. The van der Waals surface area contributed by atoms with Crippen molar-refractivity contribution in [3.63, 3.8) is 0 Å². The minimum atomic E-state index is 0.0232. The quantitative estimate of drug-likeness (QED) is 0.735. The summed E-state index contributed by atoms with van der Waals surface area (Å²) in [7, 11) is 0. The van der Waals surface area contributed by atoms with Gasteiger partial charge in [0.25, 0.3) is 0 Å². The molecule has 0 spiro atoms. The van der Waals surface area contributed by atoms with Gasteiger partial charge in [-0.05, 0) is 28.0 Å². The summed E-state index contributed by atoms with van der Waals surface area (Å²) in [5, 5.41) is 10.5. The fourth-order valence-electron chi connectivity index (χ4n) is 3.04. The topological polar surface area (TPSA) is 20.2 Å². The molecule has 1 N–H and O–H groups in total. The lowest BCUT2D eigenvalue weighted by molar-refractivity contribution is 0.346. The molecule has 0 fully saturated rings. The number of hydrogen-bond acceptors (Lipinski definition) is 1. The second-order valence-electron chi connectivity index (χ2n) is 8.23. The van der Waals surface area contributed by atoms with Gasteiger partial charge >= 0.3 is 0 Å². The highest BCUT2D eigenvalue weighted by Crippen LogP contribution is 2.44. The third-order valence-electron chi connectivity index (χ3n) is 4.20.